The van der Waals surface area contributed by atoms with E-state index < -0.39 is 33.0 Å². The maximum atomic E-state index is 14.0. The average Bonchev–Trinajstić information content (AvgIpc) is 3.14. The number of aromatic nitrogens is 1. The quantitative estimate of drug-likeness (QED) is 0.488. The van der Waals surface area contributed by atoms with Crippen LogP contribution in [0.15, 0.2) is 48.5 Å². The zero-order valence-electron chi connectivity index (χ0n) is 17.5. The molecule has 174 valence electrons. The number of nitrogens with one attached hydrogen (secondary N) is 1. The van der Waals surface area contributed by atoms with Crippen LogP contribution in [0.25, 0.3) is 0 Å². The van der Waals surface area contributed by atoms with Gasteiger partial charge in [-0.05, 0) is 30.5 Å². The lowest BCUT2D eigenvalue weighted by atomic mass is 10.1. The van der Waals surface area contributed by atoms with Crippen molar-refractivity contribution in [3.63, 3.8) is 0 Å². The molecule has 4 rings (SSSR count). The molecule has 33 heavy (non-hydrogen) atoms. The summed E-state index contributed by atoms with van der Waals surface area (Å²) in [7, 11) is -3.43. The van der Waals surface area contributed by atoms with Crippen molar-refractivity contribution < 1.29 is 22.0 Å². The van der Waals surface area contributed by atoms with Gasteiger partial charge in [0.25, 0.3) is 0 Å². The maximum Gasteiger partial charge on any atom is 0.218 e. The highest BCUT2D eigenvalue weighted by atomic mass is 32.2. The van der Waals surface area contributed by atoms with Gasteiger partial charge in [0, 0.05) is 19.1 Å². The van der Waals surface area contributed by atoms with E-state index in [9.17, 15) is 22.0 Å². The van der Waals surface area contributed by atoms with Crippen molar-refractivity contribution in [1.82, 2.24) is 9.29 Å². The van der Waals surface area contributed by atoms with Gasteiger partial charge in [-0.2, -0.15) is 0 Å². The number of rotatable bonds is 7. The van der Waals surface area contributed by atoms with Crippen LogP contribution in [0.5, 0.6) is 0 Å². The zero-order valence-corrected chi connectivity index (χ0v) is 19.1. The third-order valence-electron chi connectivity index (χ3n) is 5.42. The van der Waals surface area contributed by atoms with Gasteiger partial charge < -0.3 is 11.1 Å². The monoisotopic (exact) mass is 492 g/mol. The normalized spacial score (nSPS) is 15.5. The number of nitrogens with two attached hydrogens (primary N) is 1. The van der Waals surface area contributed by atoms with Crippen LogP contribution in [0.4, 0.5) is 19.7 Å². The van der Waals surface area contributed by atoms with E-state index >= 15 is 0 Å². The molecule has 2 heterocycles. The minimum Gasteiger partial charge on any atom is -0.382 e. The van der Waals surface area contributed by atoms with Crippen LogP contribution in [-0.2, 0) is 15.8 Å². The second kappa shape index (κ2) is 9.54. The van der Waals surface area contributed by atoms with Gasteiger partial charge in [0.05, 0.1) is 11.3 Å². The van der Waals surface area contributed by atoms with Crippen molar-refractivity contribution in [2.45, 2.75) is 24.6 Å². The number of thiazole rings is 1. The van der Waals surface area contributed by atoms with Gasteiger partial charge in [-0.25, -0.2) is 26.5 Å². The number of halogens is 2. The molecule has 2 aromatic carbocycles. The van der Waals surface area contributed by atoms with Crippen molar-refractivity contribution in [2.75, 3.05) is 24.1 Å². The molecule has 11 heteroatoms. The lowest BCUT2D eigenvalue weighted by Gasteiger charge is -2.31. The lowest BCUT2D eigenvalue weighted by molar-refractivity contribution is 0.103. The molecular weight excluding hydrogens is 470 g/mol. The maximum absolute atomic E-state index is 14.0. The van der Waals surface area contributed by atoms with Gasteiger partial charge in [0.15, 0.2) is 5.13 Å². The Balaban J connectivity index is 1.39. The van der Waals surface area contributed by atoms with Gasteiger partial charge in [-0.1, -0.05) is 47.7 Å². The number of piperidine rings is 1. The number of nitrogens with zero attached hydrogens (tertiary/aromatic N) is 2. The van der Waals surface area contributed by atoms with Crippen LogP contribution in [0.3, 0.4) is 0 Å². The smallest absolute Gasteiger partial charge is 0.218 e. The highest BCUT2D eigenvalue weighted by Gasteiger charge is 2.29. The summed E-state index contributed by atoms with van der Waals surface area (Å²) in [5.74, 6) is -2.96. The average molecular weight is 493 g/mol. The summed E-state index contributed by atoms with van der Waals surface area (Å²) < 4.78 is 54.9. The van der Waals surface area contributed by atoms with E-state index in [1.807, 2.05) is 6.07 Å². The molecule has 3 aromatic rings. The van der Waals surface area contributed by atoms with Crippen molar-refractivity contribution >= 4 is 38.1 Å². The Morgan fingerprint density at radius 3 is 2.36 bits per heavy atom. The van der Waals surface area contributed by atoms with Crippen LogP contribution in [-0.4, -0.2) is 42.6 Å². The Kier molecular flexibility index (Phi) is 6.73. The van der Waals surface area contributed by atoms with E-state index in [2.05, 4.69) is 10.3 Å². The predicted octanol–water partition coefficient (Wildman–Crippen LogP) is 3.64. The second-order valence-corrected chi connectivity index (χ2v) is 10.7. The van der Waals surface area contributed by atoms with Crippen LogP contribution in [0.2, 0.25) is 0 Å². The van der Waals surface area contributed by atoms with Gasteiger partial charge >= 0.3 is 0 Å². The van der Waals surface area contributed by atoms with Crippen molar-refractivity contribution in [3.05, 3.63) is 76.2 Å². The number of nitrogen functional groups attached to an aromatic ring is 1. The summed E-state index contributed by atoms with van der Waals surface area (Å²) >= 11 is 0.920. The third kappa shape index (κ3) is 5.21. The number of carbonyl (C=O) groups excluding carboxylic acids is 1. The van der Waals surface area contributed by atoms with Crippen molar-refractivity contribution in [2.24, 2.45) is 0 Å². The molecule has 0 atom stereocenters. The number of carbonyl (C=O) groups is 1. The summed E-state index contributed by atoms with van der Waals surface area (Å²) in [6.07, 6.45) is 1.08. The number of hydrogen-bond acceptors (Lipinski definition) is 7. The van der Waals surface area contributed by atoms with Gasteiger partial charge in [0.1, 0.15) is 22.3 Å². The number of ketones is 1. The molecule has 1 aromatic heterocycles. The summed E-state index contributed by atoms with van der Waals surface area (Å²) in [5, 5.41) is 3.51. The first-order valence-corrected chi connectivity index (χ1v) is 12.7. The highest BCUT2D eigenvalue weighted by molar-refractivity contribution is 7.88. The molecule has 1 aliphatic rings. The van der Waals surface area contributed by atoms with Crippen molar-refractivity contribution in [1.29, 1.82) is 0 Å². The van der Waals surface area contributed by atoms with Crippen LogP contribution < -0.4 is 11.1 Å². The molecule has 0 aliphatic carbocycles. The van der Waals surface area contributed by atoms with E-state index in [-0.39, 0.29) is 22.5 Å². The second-order valence-electron chi connectivity index (χ2n) is 7.72. The fourth-order valence-corrected chi connectivity index (χ4v) is 6.19. The van der Waals surface area contributed by atoms with Gasteiger partial charge in [-0.15, -0.1) is 0 Å². The highest BCUT2D eigenvalue weighted by Crippen LogP contribution is 2.30. The van der Waals surface area contributed by atoms with Gasteiger partial charge in [-0.3, -0.25) is 4.79 Å². The largest absolute Gasteiger partial charge is 0.382 e. The number of hydrogen-bond donors (Lipinski definition) is 2. The number of benzene rings is 2. The molecular formula is C22H22F2N4O3S2. The Hall–Kier alpha value is -2.89. The van der Waals surface area contributed by atoms with E-state index in [1.165, 1.54) is 10.4 Å². The van der Waals surface area contributed by atoms with Crippen LogP contribution >= 0.6 is 11.3 Å². The van der Waals surface area contributed by atoms with E-state index in [1.54, 1.807) is 24.3 Å². The molecule has 1 aliphatic heterocycles. The first kappa shape index (κ1) is 23.3. The SMILES string of the molecule is Nc1nc(NC2CCN(S(=O)(=O)Cc3ccccc3)CC2)sc1C(=O)c1c(F)cccc1F. The number of anilines is 2. The molecule has 0 radical (unpaired) electrons. The standard InChI is InChI=1S/C22H22F2N4O3S2/c23-16-7-4-8-17(24)18(16)19(29)20-21(25)27-22(32-20)26-15-9-11-28(12-10-15)33(30,31)13-14-5-2-1-3-6-14/h1-8,15H,9-13,25H2,(H,26,27). The van der Waals surface area contributed by atoms with E-state index in [0.717, 1.165) is 29.0 Å². The van der Waals surface area contributed by atoms with Gasteiger partial charge in [0.2, 0.25) is 15.8 Å². The van der Waals surface area contributed by atoms with Crippen LogP contribution in [0, 0.1) is 11.6 Å². The summed E-state index contributed by atoms with van der Waals surface area (Å²) in [5.41, 5.74) is 5.91. The molecule has 0 bridgehead atoms. The van der Waals surface area contributed by atoms with E-state index in [4.69, 9.17) is 5.73 Å². The minimum absolute atomic E-state index is 0.0486. The Bertz CT molecular complexity index is 1240. The first-order chi connectivity index (χ1) is 15.7. The summed E-state index contributed by atoms with van der Waals surface area (Å²) in [6.45, 7) is 0.694. The first-order valence-electron chi connectivity index (χ1n) is 10.3. The lowest BCUT2D eigenvalue weighted by Crippen LogP contribution is -2.42. The zero-order chi connectivity index (χ0) is 23.6. The molecule has 0 amide bonds. The Morgan fingerprint density at radius 1 is 1.09 bits per heavy atom. The molecule has 1 saturated heterocycles. The fraction of sp³-hybridized carbons (Fsp3) is 0.273. The molecule has 3 N–H and O–H groups in total. The Morgan fingerprint density at radius 2 is 1.73 bits per heavy atom. The molecule has 0 saturated carbocycles. The molecule has 1 fully saturated rings. The number of sulfonamides is 1. The molecule has 7 nitrogen and oxygen atoms in total. The third-order valence-corrected chi connectivity index (χ3v) is 8.27. The van der Waals surface area contributed by atoms with E-state index in [0.29, 0.717) is 31.1 Å². The summed E-state index contributed by atoms with van der Waals surface area (Å²) in [4.78, 5) is 16.7. The molecule has 0 unspecified atom stereocenters. The molecule has 0 spiro atoms. The Labute approximate surface area is 194 Å². The predicted molar refractivity (Wildman–Crippen MR) is 124 cm³/mol. The minimum atomic E-state index is -3.43. The van der Waals surface area contributed by atoms with Crippen LogP contribution in [0.1, 0.15) is 33.6 Å². The fourth-order valence-electron chi connectivity index (χ4n) is 3.71. The topological polar surface area (TPSA) is 105 Å². The summed E-state index contributed by atoms with van der Waals surface area (Å²) in [6, 6.07) is 12.1. The van der Waals surface area contributed by atoms with Crippen molar-refractivity contribution in [3.8, 4) is 0 Å².